The van der Waals surface area contributed by atoms with E-state index in [-0.39, 0.29) is 11.7 Å². The van der Waals surface area contributed by atoms with E-state index < -0.39 is 0 Å². The van der Waals surface area contributed by atoms with Gasteiger partial charge in [0.05, 0.1) is 0 Å². The summed E-state index contributed by atoms with van der Waals surface area (Å²) in [5.74, 6) is 0.0977. The molecule has 0 saturated heterocycles. The Balaban J connectivity index is 1.72. The van der Waals surface area contributed by atoms with Crippen molar-refractivity contribution in [2.24, 2.45) is 0 Å². The number of benzene rings is 3. The van der Waals surface area contributed by atoms with Crippen LogP contribution in [0.4, 0.5) is 11.4 Å². The SMILES string of the molecule is CCC(CC)Nc1cc(NC(=O)c2ccc(-c3ccc(O)cc3)cc2)ccc1C. The number of anilines is 2. The Labute approximate surface area is 172 Å². The number of aryl methyl sites for hydroxylation is 1. The predicted molar refractivity (Wildman–Crippen MR) is 121 cm³/mol. The number of aromatic hydroxyl groups is 1. The minimum Gasteiger partial charge on any atom is -0.508 e. The first-order valence-corrected chi connectivity index (χ1v) is 10.1. The van der Waals surface area contributed by atoms with Gasteiger partial charge in [-0.15, -0.1) is 0 Å². The second kappa shape index (κ2) is 9.28. The average Bonchev–Trinajstić information content (AvgIpc) is 2.74. The normalized spacial score (nSPS) is 10.8. The van der Waals surface area contributed by atoms with Gasteiger partial charge in [-0.2, -0.15) is 0 Å². The van der Waals surface area contributed by atoms with Crippen molar-refractivity contribution >= 4 is 17.3 Å². The lowest BCUT2D eigenvalue weighted by Crippen LogP contribution is -2.18. The van der Waals surface area contributed by atoms with Crippen LogP contribution in [0.15, 0.2) is 66.7 Å². The molecule has 3 N–H and O–H groups in total. The van der Waals surface area contributed by atoms with Crippen LogP contribution >= 0.6 is 0 Å². The highest BCUT2D eigenvalue weighted by molar-refractivity contribution is 6.04. The molecule has 3 aromatic carbocycles. The van der Waals surface area contributed by atoms with Gasteiger partial charge in [-0.05, 0) is 72.9 Å². The number of phenolic OH excluding ortho intramolecular Hbond substituents is 1. The Morgan fingerprint density at radius 1 is 0.897 bits per heavy atom. The monoisotopic (exact) mass is 388 g/mol. The number of amides is 1. The van der Waals surface area contributed by atoms with Gasteiger partial charge in [-0.25, -0.2) is 0 Å². The minimum absolute atomic E-state index is 0.139. The summed E-state index contributed by atoms with van der Waals surface area (Å²) >= 11 is 0. The molecule has 0 bridgehead atoms. The molecule has 0 unspecified atom stereocenters. The second-order valence-electron chi connectivity index (χ2n) is 7.27. The molecule has 3 aromatic rings. The molecular weight excluding hydrogens is 360 g/mol. The Bertz CT molecular complexity index is 959. The van der Waals surface area contributed by atoms with Crippen molar-refractivity contribution in [1.29, 1.82) is 0 Å². The molecule has 0 heterocycles. The van der Waals surface area contributed by atoms with Gasteiger partial charge in [0, 0.05) is 23.0 Å². The zero-order valence-corrected chi connectivity index (χ0v) is 17.2. The maximum atomic E-state index is 12.7. The summed E-state index contributed by atoms with van der Waals surface area (Å²) < 4.78 is 0. The van der Waals surface area contributed by atoms with Crippen LogP contribution in [-0.2, 0) is 0 Å². The molecule has 3 rings (SSSR count). The van der Waals surface area contributed by atoms with Crippen LogP contribution in [0.25, 0.3) is 11.1 Å². The van der Waals surface area contributed by atoms with Crippen molar-refractivity contribution in [2.75, 3.05) is 10.6 Å². The molecule has 0 fully saturated rings. The van der Waals surface area contributed by atoms with Crippen molar-refractivity contribution in [3.05, 3.63) is 77.9 Å². The first-order valence-electron chi connectivity index (χ1n) is 10.1. The third-order valence-corrected chi connectivity index (χ3v) is 5.19. The fraction of sp³-hybridized carbons (Fsp3) is 0.240. The maximum Gasteiger partial charge on any atom is 0.255 e. The summed E-state index contributed by atoms with van der Waals surface area (Å²) in [6.45, 7) is 6.41. The van der Waals surface area contributed by atoms with Gasteiger partial charge in [-0.3, -0.25) is 4.79 Å². The highest BCUT2D eigenvalue weighted by Crippen LogP contribution is 2.24. The predicted octanol–water partition coefficient (Wildman–Crippen LogP) is 6.22. The molecule has 150 valence electrons. The van der Waals surface area contributed by atoms with Crippen LogP contribution in [0, 0.1) is 6.92 Å². The maximum absolute atomic E-state index is 12.7. The summed E-state index contributed by atoms with van der Waals surface area (Å²) in [5, 5.41) is 16.0. The first kappa shape index (κ1) is 20.5. The molecule has 0 radical (unpaired) electrons. The summed E-state index contributed by atoms with van der Waals surface area (Å²) in [4.78, 5) is 12.7. The molecular formula is C25H28N2O2. The minimum atomic E-state index is -0.139. The smallest absolute Gasteiger partial charge is 0.255 e. The summed E-state index contributed by atoms with van der Waals surface area (Å²) in [6.07, 6.45) is 2.11. The number of nitrogens with one attached hydrogen (secondary N) is 2. The number of hydrogen-bond donors (Lipinski definition) is 3. The van der Waals surface area contributed by atoms with Crippen LogP contribution in [-0.4, -0.2) is 17.1 Å². The van der Waals surface area contributed by atoms with E-state index in [2.05, 4.69) is 31.4 Å². The molecule has 29 heavy (non-hydrogen) atoms. The van der Waals surface area contributed by atoms with Crippen LogP contribution < -0.4 is 10.6 Å². The highest BCUT2D eigenvalue weighted by Gasteiger charge is 2.10. The molecule has 0 spiro atoms. The van der Waals surface area contributed by atoms with E-state index in [1.54, 1.807) is 12.1 Å². The van der Waals surface area contributed by atoms with Gasteiger partial charge in [-0.1, -0.05) is 44.2 Å². The Morgan fingerprint density at radius 2 is 1.48 bits per heavy atom. The third kappa shape index (κ3) is 5.17. The largest absolute Gasteiger partial charge is 0.508 e. The van der Waals surface area contributed by atoms with Gasteiger partial charge in [0.2, 0.25) is 0 Å². The van der Waals surface area contributed by atoms with Gasteiger partial charge >= 0.3 is 0 Å². The van der Waals surface area contributed by atoms with E-state index in [0.717, 1.165) is 40.9 Å². The van der Waals surface area contributed by atoms with Crippen LogP contribution in [0.3, 0.4) is 0 Å². The molecule has 4 heteroatoms. The molecule has 0 atom stereocenters. The van der Waals surface area contributed by atoms with Gasteiger partial charge in [0.15, 0.2) is 0 Å². The summed E-state index contributed by atoms with van der Waals surface area (Å²) in [6, 6.07) is 20.8. The number of phenols is 1. The topological polar surface area (TPSA) is 61.4 Å². The van der Waals surface area contributed by atoms with Gasteiger partial charge < -0.3 is 15.7 Å². The van der Waals surface area contributed by atoms with Crippen molar-refractivity contribution < 1.29 is 9.90 Å². The van der Waals surface area contributed by atoms with Crippen LogP contribution in [0.1, 0.15) is 42.6 Å². The summed E-state index contributed by atoms with van der Waals surface area (Å²) in [5.41, 5.74) is 5.57. The van der Waals surface area contributed by atoms with E-state index in [9.17, 15) is 9.90 Å². The average molecular weight is 389 g/mol. The van der Waals surface area contributed by atoms with Crippen LogP contribution in [0.5, 0.6) is 5.75 Å². The molecule has 0 aliphatic rings. The molecule has 0 aromatic heterocycles. The molecule has 0 aliphatic carbocycles. The Hall–Kier alpha value is -3.27. The zero-order chi connectivity index (χ0) is 20.8. The molecule has 0 saturated carbocycles. The fourth-order valence-electron chi connectivity index (χ4n) is 3.24. The standard InChI is InChI=1S/C25H28N2O2/c1-4-21(5-2)26-24-16-22(13-6-17(24)3)27-25(29)20-9-7-18(8-10-20)19-11-14-23(28)15-12-19/h6-16,21,26,28H,4-5H2,1-3H3,(H,27,29). The number of carbonyl (C=O) groups excluding carboxylic acids is 1. The van der Waals surface area contributed by atoms with Gasteiger partial charge in [0.25, 0.3) is 5.91 Å². The van der Waals surface area contributed by atoms with E-state index >= 15 is 0 Å². The fourth-order valence-corrected chi connectivity index (χ4v) is 3.24. The lowest BCUT2D eigenvalue weighted by Gasteiger charge is -2.19. The quantitative estimate of drug-likeness (QED) is 0.450. The van der Waals surface area contributed by atoms with Crippen molar-refractivity contribution in [2.45, 2.75) is 39.7 Å². The van der Waals surface area contributed by atoms with Crippen molar-refractivity contribution in [1.82, 2.24) is 0 Å². The van der Waals surface area contributed by atoms with Crippen molar-refractivity contribution in [3.8, 4) is 16.9 Å². The van der Waals surface area contributed by atoms with Gasteiger partial charge in [0.1, 0.15) is 5.75 Å². The number of rotatable bonds is 7. The molecule has 1 amide bonds. The van der Waals surface area contributed by atoms with E-state index in [1.165, 1.54) is 0 Å². The number of carbonyl (C=O) groups is 1. The van der Waals surface area contributed by atoms with E-state index in [1.807, 2.05) is 54.6 Å². The lowest BCUT2D eigenvalue weighted by atomic mass is 10.0. The third-order valence-electron chi connectivity index (χ3n) is 5.19. The number of hydrogen-bond acceptors (Lipinski definition) is 3. The van der Waals surface area contributed by atoms with Crippen molar-refractivity contribution in [3.63, 3.8) is 0 Å². The Morgan fingerprint density at radius 3 is 2.07 bits per heavy atom. The molecule has 4 nitrogen and oxygen atoms in total. The summed E-state index contributed by atoms with van der Waals surface area (Å²) in [7, 11) is 0. The Kier molecular flexibility index (Phi) is 6.55. The van der Waals surface area contributed by atoms with Crippen LogP contribution in [0.2, 0.25) is 0 Å². The highest BCUT2D eigenvalue weighted by atomic mass is 16.3. The second-order valence-corrected chi connectivity index (χ2v) is 7.27. The van der Waals surface area contributed by atoms with E-state index in [0.29, 0.717) is 11.6 Å². The lowest BCUT2D eigenvalue weighted by molar-refractivity contribution is 0.102. The molecule has 0 aliphatic heterocycles. The zero-order valence-electron chi connectivity index (χ0n) is 17.2. The first-order chi connectivity index (χ1) is 14.0. The van der Waals surface area contributed by atoms with E-state index in [4.69, 9.17) is 0 Å².